The van der Waals surface area contributed by atoms with Crippen molar-refractivity contribution in [2.45, 2.75) is 90.4 Å². The summed E-state index contributed by atoms with van der Waals surface area (Å²) in [4.78, 5) is 38.3. The summed E-state index contributed by atoms with van der Waals surface area (Å²) in [7, 11) is 0. The number of carboxylic acids is 1. The fraction of sp³-hybridized carbons (Fsp3) is 0.654. The normalized spacial score (nSPS) is 21.5. The largest absolute Gasteiger partial charge is 0.480 e. The molecule has 3 N–H and O–H groups in total. The Balaban J connectivity index is 2.23. The smallest absolute Gasteiger partial charge is 0.324 e. The highest BCUT2D eigenvalue weighted by molar-refractivity contribution is 5.88. The first-order chi connectivity index (χ1) is 15.5. The molecule has 1 aromatic rings. The van der Waals surface area contributed by atoms with E-state index in [9.17, 15) is 19.5 Å². The van der Waals surface area contributed by atoms with Crippen molar-refractivity contribution < 1.29 is 29.0 Å². The van der Waals surface area contributed by atoms with E-state index in [0.29, 0.717) is 25.7 Å². The maximum Gasteiger partial charge on any atom is 0.324 e. The van der Waals surface area contributed by atoms with Crippen LogP contribution in [0.5, 0.6) is 0 Å². The van der Waals surface area contributed by atoms with Crippen molar-refractivity contribution >= 4 is 17.9 Å². The summed E-state index contributed by atoms with van der Waals surface area (Å²) < 4.78 is 11.0. The number of hydrogen-bond donors (Lipinski definition) is 2. The average Bonchev–Trinajstić information content (AvgIpc) is 2.75. The fourth-order valence-corrected chi connectivity index (χ4v) is 4.87. The number of ether oxygens (including phenoxy) is 2. The van der Waals surface area contributed by atoms with Crippen LogP contribution in [0.3, 0.4) is 0 Å². The summed E-state index contributed by atoms with van der Waals surface area (Å²) in [6.07, 6.45) is 3.88. The first kappa shape index (κ1) is 26.8. The van der Waals surface area contributed by atoms with Crippen LogP contribution in [0, 0.1) is 17.8 Å². The molecule has 0 saturated heterocycles. The topological polar surface area (TPSA) is 116 Å². The predicted octanol–water partition coefficient (Wildman–Crippen LogP) is 4.47. The monoisotopic (exact) mass is 461 g/mol. The first-order valence-corrected chi connectivity index (χ1v) is 11.9. The van der Waals surface area contributed by atoms with Gasteiger partial charge in [0.15, 0.2) is 0 Å². The van der Waals surface area contributed by atoms with Crippen LogP contribution in [0.1, 0.15) is 78.2 Å². The average molecular weight is 462 g/mol. The highest BCUT2D eigenvalue weighted by atomic mass is 16.6. The second-order valence-electron chi connectivity index (χ2n) is 10.1. The zero-order valence-corrected chi connectivity index (χ0v) is 20.3. The van der Waals surface area contributed by atoms with Gasteiger partial charge in [0.05, 0.1) is 5.92 Å². The molecule has 7 nitrogen and oxygen atoms in total. The minimum Gasteiger partial charge on any atom is -0.480 e. The number of aliphatic carboxylic acids is 1. The van der Waals surface area contributed by atoms with Gasteiger partial charge in [-0.25, -0.2) is 0 Å². The Kier molecular flexibility index (Phi) is 9.46. The van der Waals surface area contributed by atoms with E-state index in [2.05, 4.69) is 0 Å². The third kappa shape index (κ3) is 7.29. The molecule has 1 aromatic carbocycles. The highest BCUT2D eigenvalue weighted by Gasteiger charge is 2.55. The van der Waals surface area contributed by atoms with Gasteiger partial charge in [-0.05, 0) is 57.4 Å². The third-order valence-corrected chi connectivity index (χ3v) is 6.41. The summed E-state index contributed by atoms with van der Waals surface area (Å²) in [5.41, 5.74) is 4.96. The maximum atomic E-state index is 13.1. The van der Waals surface area contributed by atoms with E-state index in [1.165, 1.54) is 0 Å². The number of carbonyl (C=O) groups excluding carboxylic acids is 2. The molecule has 0 radical (unpaired) electrons. The molecule has 4 atom stereocenters. The Morgan fingerprint density at radius 2 is 1.76 bits per heavy atom. The van der Waals surface area contributed by atoms with Crippen LogP contribution in [-0.2, 0) is 30.5 Å². The lowest BCUT2D eigenvalue weighted by molar-refractivity contribution is -0.172. The van der Waals surface area contributed by atoms with Gasteiger partial charge in [-0.1, -0.05) is 56.5 Å². The van der Waals surface area contributed by atoms with Crippen molar-refractivity contribution in [3.8, 4) is 0 Å². The lowest BCUT2D eigenvalue weighted by Crippen LogP contribution is -2.64. The Bertz CT molecular complexity index is 803. The molecule has 0 heterocycles. The van der Waals surface area contributed by atoms with Crippen LogP contribution in [0.2, 0.25) is 0 Å². The first-order valence-electron chi connectivity index (χ1n) is 11.9. The van der Waals surface area contributed by atoms with E-state index in [4.69, 9.17) is 15.2 Å². The van der Waals surface area contributed by atoms with E-state index in [0.717, 1.165) is 18.4 Å². The quantitative estimate of drug-likeness (QED) is 0.494. The minimum absolute atomic E-state index is 0.0803. The molecule has 0 spiro atoms. The van der Waals surface area contributed by atoms with Gasteiger partial charge in [0.25, 0.3) is 0 Å². The zero-order chi connectivity index (χ0) is 24.6. The molecule has 33 heavy (non-hydrogen) atoms. The molecule has 184 valence electrons. The van der Waals surface area contributed by atoms with Crippen molar-refractivity contribution in [3.05, 3.63) is 35.9 Å². The molecule has 0 aromatic heterocycles. The van der Waals surface area contributed by atoms with Crippen molar-refractivity contribution in [1.82, 2.24) is 0 Å². The van der Waals surface area contributed by atoms with Gasteiger partial charge < -0.3 is 20.3 Å². The molecule has 1 fully saturated rings. The molecular weight excluding hydrogens is 422 g/mol. The van der Waals surface area contributed by atoms with Crippen LogP contribution >= 0.6 is 0 Å². The Morgan fingerprint density at radius 3 is 2.33 bits per heavy atom. The number of carbonyl (C=O) groups is 3. The van der Waals surface area contributed by atoms with Crippen molar-refractivity contribution in [1.29, 1.82) is 0 Å². The molecule has 1 aliphatic carbocycles. The SMILES string of the molecule is CCCC(C(=O)OC(C)(C)C)C(N)(C(=O)O)C1CCCCC1CC(=O)OCc1ccccc1. The number of hydrogen-bond acceptors (Lipinski definition) is 6. The third-order valence-electron chi connectivity index (χ3n) is 6.41. The molecule has 0 amide bonds. The van der Waals surface area contributed by atoms with Gasteiger partial charge in [-0.15, -0.1) is 0 Å². The summed E-state index contributed by atoms with van der Waals surface area (Å²) in [6, 6.07) is 9.40. The summed E-state index contributed by atoms with van der Waals surface area (Å²) >= 11 is 0. The highest BCUT2D eigenvalue weighted by Crippen LogP contribution is 2.43. The molecular formula is C26H39NO6. The predicted molar refractivity (Wildman–Crippen MR) is 125 cm³/mol. The second kappa shape index (κ2) is 11.6. The van der Waals surface area contributed by atoms with Crippen LogP contribution in [0.25, 0.3) is 0 Å². The summed E-state index contributed by atoms with van der Waals surface area (Å²) in [6.45, 7) is 7.30. The van der Waals surface area contributed by atoms with Gasteiger partial charge in [0.1, 0.15) is 17.7 Å². The maximum absolute atomic E-state index is 13.1. The summed E-state index contributed by atoms with van der Waals surface area (Å²) in [5.74, 6) is -3.99. The molecule has 2 rings (SSSR count). The van der Waals surface area contributed by atoms with Crippen LogP contribution in [0.15, 0.2) is 30.3 Å². The Morgan fingerprint density at radius 1 is 1.12 bits per heavy atom. The van der Waals surface area contributed by atoms with Gasteiger partial charge in [0.2, 0.25) is 0 Å². The number of carboxylic acid groups (broad SMARTS) is 1. The van der Waals surface area contributed by atoms with Crippen LogP contribution in [-0.4, -0.2) is 34.2 Å². The number of nitrogens with two attached hydrogens (primary N) is 1. The number of benzene rings is 1. The molecule has 1 aliphatic rings. The molecule has 0 bridgehead atoms. The van der Waals surface area contributed by atoms with Gasteiger partial charge in [-0.2, -0.15) is 0 Å². The standard InChI is InChI=1S/C26H39NO6/c1-5-11-21(23(29)33-25(2,3)4)26(27,24(30)31)20-15-10-9-14-19(20)16-22(28)32-17-18-12-7-6-8-13-18/h6-8,12-13,19-21H,5,9-11,14-17,27H2,1-4H3,(H,30,31). The van der Waals surface area contributed by atoms with Gasteiger partial charge >= 0.3 is 17.9 Å². The lowest BCUT2D eigenvalue weighted by atomic mass is 9.62. The van der Waals surface area contributed by atoms with E-state index in [1.54, 1.807) is 20.8 Å². The van der Waals surface area contributed by atoms with Crippen molar-refractivity contribution in [3.63, 3.8) is 0 Å². The molecule has 4 unspecified atom stereocenters. The van der Waals surface area contributed by atoms with Crippen molar-refractivity contribution in [2.75, 3.05) is 0 Å². The number of rotatable bonds is 10. The number of esters is 2. The second-order valence-corrected chi connectivity index (χ2v) is 10.1. The van der Waals surface area contributed by atoms with Crippen LogP contribution in [0.4, 0.5) is 0 Å². The van der Waals surface area contributed by atoms with E-state index in [1.807, 2.05) is 37.3 Å². The van der Waals surface area contributed by atoms with E-state index in [-0.39, 0.29) is 24.9 Å². The minimum atomic E-state index is -1.82. The van der Waals surface area contributed by atoms with Crippen LogP contribution < -0.4 is 5.73 Å². The zero-order valence-electron chi connectivity index (χ0n) is 20.3. The van der Waals surface area contributed by atoms with Gasteiger partial charge in [-0.3, -0.25) is 14.4 Å². The van der Waals surface area contributed by atoms with Gasteiger partial charge in [0, 0.05) is 6.42 Å². The Hall–Kier alpha value is -2.41. The summed E-state index contributed by atoms with van der Waals surface area (Å²) in [5, 5.41) is 10.3. The van der Waals surface area contributed by atoms with Crippen molar-refractivity contribution in [2.24, 2.45) is 23.5 Å². The molecule has 1 saturated carbocycles. The van der Waals surface area contributed by atoms with E-state index >= 15 is 0 Å². The molecule has 7 heteroatoms. The fourth-order valence-electron chi connectivity index (χ4n) is 4.87. The Labute approximate surface area is 197 Å². The van der Waals surface area contributed by atoms with E-state index < -0.39 is 34.9 Å². The lowest BCUT2D eigenvalue weighted by Gasteiger charge is -2.45. The molecule has 0 aliphatic heterocycles.